The maximum absolute atomic E-state index is 12.5. The van der Waals surface area contributed by atoms with Crippen LogP contribution in [0.1, 0.15) is 31.7 Å². The fourth-order valence-electron chi connectivity index (χ4n) is 3.49. The van der Waals surface area contributed by atoms with E-state index >= 15 is 0 Å². The molecule has 0 spiro atoms. The van der Waals surface area contributed by atoms with Crippen molar-refractivity contribution in [3.63, 3.8) is 0 Å². The van der Waals surface area contributed by atoms with Crippen LogP contribution in [-0.2, 0) is 18.3 Å². The molecular formula is C19H26N4OS. The molecule has 1 aromatic carbocycles. The predicted molar refractivity (Wildman–Crippen MR) is 101 cm³/mol. The summed E-state index contributed by atoms with van der Waals surface area (Å²) in [4.78, 5) is 14.5. The van der Waals surface area contributed by atoms with Crippen LogP contribution in [0.15, 0.2) is 35.5 Å². The second-order valence-electron chi connectivity index (χ2n) is 7.15. The molecule has 1 aliphatic rings. The Balaban J connectivity index is 1.57. The predicted octanol–water partition coefficient (Wildman–Crippen LogP) is 3.00. The van der Waals surface area contributed by atoms with Gasteiger partial charge in [0.1, 0.15) is 5.82 Å². The van der Waals surface area contributed by atoms with E-state index in [1.165, 1.54) is 23.7 Å². The Morgan fingerprint density at radius 1 is 1.16 bits per heavy atom. The second-order valence-corrected chi connectivity index (χ2v) is 8.10. The van der Waals surface area contributed by atoms with Crippen LogP contribution >= 0.6 is 11.8 Å². The Hall–Kier alpha value is -1.82. The van der Waals surface area contributed by atoms with Gasteiger partial charge >= 0.3 is 0 Å². The summed E-state index contributed by atoms with van der Waals surface area (Å²) in [6, 6.07) is 10.2. The number of piperidine rings is 1. The van der Waals surface area contributed by atoms with Crippen molar-refractivity contribution < 1.29 is 4.79 Å². The van der Waals surface area contributed by atoms with Gasteiger partial charge in [0.15, 0.2) is 5.16 Å². The highest BCUT2D eigenvalue weighted by molar-refractivity contribution is 7.99. The molecule has 1 aliphatic heterocycles. The maximum Gasteiger partial charge on any atom is 0.233 e. The number of benzene rings is 1. The highest BCUT2D eigenvalue weighted by atomic mass is 32.2. The van der Waals surface area contributed by atoms with E-state index in [4.69, 9.17) is 0 Å². The van der Waals surface area contributed by atoms with Gasteiger partial charge in [-0.15, -0.1) is 10.2 Å². The summed E-state index contributed by atoms with van der Waals surface area (Å²) in [7, 11) is 1.97. The number of nitrogens with zero attached hydrogens (tertiary/aromatic N) is 4. The van der Waals surface area contributed by atoms with Gasteiger partial charge in [-0.25, -0.2) is 0 Å². The lowest BCUT2D eigenvalue weighted by atomic mass is 9.92. The summed E-state index contributed by atoms with van der Waals surface area (Å²) in [6.45, 7) is 6.20. The molecule has 6 heteroatoms. The molecule has 0 unspecified atom stereocenters. The van der Waals surface area contributed by atoms with Gasteiger partial charge in [-0.3, -0.25) is 4.79 Å². The molecule has 0 radical (unpaired) electrons. The Labute approximate surface area is 153 Å². The molecule has 2 atom stereocenters. The monoisotopic (exact) mass is 358 g/mol. The lowest BCUT2D eigenvalue weighted by Crippen LogP contribution is -2.43. The van der Waals surface area contributed by atoms with Crippen LogP contribution in [0.2, 0.25) is 0 Å². The number of hydrogen-bond acceptors (Lipinski definition) is 4. The first-order valence-corrected chi connectivity index (χ1v) is 9.84. The van der Waals surface area contributed by atoms with Crippen molar-refractivity contribution in [2.75, 3.05) is 18.8 Å². The standard InChI is InChI=1S/C19H26N4OS/c1-14-9-15(2)12-23(11-14)18(24)13-25-19-21-20-17(22(19)3)10-16-7-5-4-6-8-16/h4-8,14-15H,9-13H2,1-3H3/t14-,15-/m1/s1. The van der Waals surface area contributed by atoms with Crippen LogP contribution in [0.5, 0.6) is 0 Å². The molecule has 0 N–H and O–H groups in total. The van der Waals surface area contributed by atoms with Crippen molar-refractivity contribution in [2.24, 2.45) is 18.9 Å². The van der Waals surface area contributed by atoms with Crippen LogP contribution in [0.3, 0.4) is 0 Å². The van der Waals surface area contributed by atoms with Crippen LogP contribution in [0, 0.1) is 11.8 Å². The quantitative estimate of drug-likeness (QED) is 0.771. The average molecular weight is 359 g/mol. The summed E-state index contributed by atoms with van der Waals surface area (Å²) < 4.78 is 1.99. The number of aromatic nitrogens is 3. The minimum Gasteiger partial charge on any atom is -0.341 e. The molecule has 134 valence electrons. The van der Waals surface area contributed by atoms with Gasteiger partial charge in [0.25, 0.3) is 0 Å². The van der Waals surface area contributed by atoms with Crippen LogP contribution < -0.4 is 0 Å². The Morgan fingerprint density at radius 2 is 1.84 bits per heavy atom. The van der Waals surface area contributed by atoms with E-state index in [9.17, 15) is 4.79 Å². The summed E-state index contributed by atoms with van der Waals surface area (Å²) in [5.41, 5.74) is 1.21. The lowest BCUT2D eigenvalue weighted by molar-refractivity contribution is -0.130. The molecule has 2 aromatic rings. The van der Waals surface area contributed by atoms with Gasteiger partial charge in [-0.2, -0.15) is 0 Å². The van der Waals surface area contributed by atoms with Crippen molar-refractivity contribution in [2.45, 2.75) is 31.8 Å². The molecule has 3 rings (SSSR count). The largest absolute Gasteiger partial charge is 0.341 e. The van der Waals surface area contributed by atoms with Crippen molar-refractivity contribution in [1.82, 2.24) is 19.7 Å². The zero-order valence-electron chi connectivity index (χ0n) is 15.2. The number of amides is 1. The first kappa shape index (κ1) is 18.0. The number of carbonyl (C=O) groups excluding carboxylic acids is 1. The van der Waals surface area contributed by atoms with Crippen LogP contribution in [0.25, 0.3) is 0 Å². The van der Waals surface area contributed by atoms with Crippen LogP contribution in [-0.4, -0.2) is 44.4 Å². The highest BCUT2D eigenvalue weighted by Gasteiger charge is 2.25. The summed E-state index contributed by atoms with van der Waals surface area (Å²) >= 11 is 1.48. The number of thioether (sulfide) groups is 1. The van der Waals surface area contributed by atoms with E-state index in [1.807, 2.05) is 34.7 Å². The third kappa shape index (κ3) is 4.63. The van der Waals surface area contributed by atoms with E-state index in [2.05, 4.69) is 36.2 Å². The third-order valence-electron chi connectivity index (χ3n) is 4.68. The fraction of sp³-hybridized carbons (Fsp3) is 0.526. The third-order valence-corrected chi connectivity index (χ3v) is 5.68. The number of rotatable bonds is 5. The molecule has 1 aromatic heterocycles. The van der Waals surface area contributed by atoms with E-state index in [0.717, 1.165) is 30.5 Å². The van der Waals surface area contributed by atoms with Gasteiger partial charge in [0, 0.05) is 26.6 Å². The molecule has 1 saturated heterocycles. The first-order valence-electron chi connectivity index (χ1n) is 8.85. The Morgan fingerprint density at radius 3 is 2.52 bits per heavy atom. The smallest absolute Gasteiger partial charge is 0.233 e. The lowest BCUT2D eigenvalue weighted by Gasteiger charge is -2.34. The topological polar surface area (TPSA) is 51.0 Å². The van der Waals surface area contributed by atoms with Gasteiger partial charge in [-0.1, -0.05) is 55.9 Å². The second kappa shape index (κ2) is 8.04. The van der Waals surface area contributed by atoms with Crippen molar-refractivity contribution in [3.05, 3.63) is 41.7 Å². The molecule has 5 nitrogen and oxygen atoms in total. The first-order chi connectivity index (χ1) is 12.0. The van der Waals surface area contributed by atoms with Crippen molar-refractivity contribution in [3.8, 4) is 0 Å². The zero-order chi connectivity index (χ0) is 17.8. The fourth-order valence-corrected chi connectivity index (χ4v) is 4.32. The van der Waals surface area contributed by atoms with E-state index in [1.54, 1.807) is 0 Å². The van der Waals surface area contributed by atoms with E-state index < -0.39 is 0 Å². The number of likely N-dealkylation sites (tertiary alicyclic amines) is 1. The van der Waals surface area contributed by atoms with Crippen LogP contribution in [0.4, 0.5) is 0 Å². The van der Waals surface area contributed by atoms with Crippen molar-refractivity contribution in [1.29, 1.82) is 0 Å². The zero-order valence-corrected chi connectivity index (χ0v) is 16.0. The SMILES string of the molecule is C[C@@H]1C[C@@H](C)CN(C(=O)CSc2nnc(Cc3ccccc3)n2C)C1. The molecular weight excluding hydrogens is 332 g/mol. The molecule has 1 fully saturated rings. The molecule has 25 heavy (non-hydrogen) atoms. The van der Waals surface area contributed by atoms with Gasteiger partial charge in [-0.05, 0) is 23.8 Å². The van der Waals surface area contributed by atoms with E-state index in [0.29, 0.717) is 17.6 Å². The Kier molecular flexibility index (Phi) is 5.78. The summed E-state index contributed by atoms with van der Waals surface area (Å²) in [5.74, 6) is 2.73. The van der Waals surface area contributed by atoms with Gasteiger partial charge in [0.05, 0.1) is 5.75 Å². The molecule has 0 saturated carbocycles. The summed E-state index contributed by atoms with van der Waals surface area (Å²) in [5, 5.41) is 9.36. The summed E-state index contributed by atoms with van der Waals surface area (Å²) in [6.07, 6.45) is 1.96. The highest BCUT2D eigenvalue weighted by Crippen LogP contribution is 2.23. The van der Waals surface area contributed by atoms with E-state index in [-0.39, 0.29) is 5.91 Å². The Bertz CT molecular complexity index is 705. The molecule has 0 bridgehead atoms. The molecule has 1 amide bonds. The van der Waals surface area contributed by atoms with Gasteiger partial charge in [0.2, 0.25) is 5.91 Å². The van der Waals surface area contributed by atoms with Gasteiger partial charge < -0.3 is 9.47 Å². The van der Waals surface area contributed by atoms with Crippen molar-refractivity contribution >= 4 is 17.7 Å². The number of hydrogen-bond donors (Lipinski definition) is 0. The maximum atomic E-state index is 12.5. The number of carbonyl (C=O) groups is 1. The minimum absolute atomic E-state index is 0.205. The normalized spacial score (nSPS) is 20.7. The average Bonchev–Trinajstić information content (AvgIpc) is 2.93. The molecule has 0 aliphatic carbocycles. The molecule has 2 heterocycles. The minimum atomic E-state index is 0.205.